The highest BCUT2D eigenvalue weighted by Crippen LogP contribution is 2.18. The van der Waals surface area contributed by atoms with Crippen molar-refractivity contribution in [1.82, 2.24) is 0 Å². The Bertz CT molecular complexity index is 1010. The van der Waals surface area contributed by atoms with Crippen LogP contribution in [0.4, 0.5) is 0 Å². The van der Waals surface area contributed by atoms with Crippen molar-refractivity contribution in [3.05, 3.63) is 12.2 Å². The highest BCUT2D eigenvalue weighted by molar-refractivity contribution is 5.71. The van der Waals surface area contributed by atoms with Crippen molar-refractivity contribution in [2.24, 2.45) is 0 Å². The summed E-state index contributed by atoms with van der Waals surface area (Å²) in [7, 11) is 0. The van der Waals surface area contributed by atoms with E-state index in [1.54, 1.807) is 0 Å². The number of ether oxygens (including phenoxy) is 3. The second-order valence-electron chi connectivity index (χ2n) is 19.9. The Morgan fingerprint density at radius 1 is 0.292 bits per heavy atom. The first kappa shape index (κ1) is 63.1. The van der Waals surface area contributed by atoms with E-state index < -0.39 is 6.10 Å². The van der Waals surface area contributed by atoms with Crippen LogP contribution < -0.4 is 0 Å². The SMILES string of the molecule is CCC/C=C\CCCCCCCC(=O)OCC(COC(=O)CCCCCCCCCCCCCCCCCCCCCCCC)OC(=O)CCCCCCCCCCCCCCCCC. The summed E-state index contributed by atoms with van der Waals surface area (Å²) in [6.45, 7) is 6.63. The summed E-state index contributed by atoms with van der Waals surface area (Å²) in [5, 5.41) is 0. The molecule has 0 aromatic heterocycles. The molecule has 0 fully saturated rings. The first-order chi connectivity index (χ1) is 32.0. The van der Waals surface area contributed by atoms with Gasteiger partial charge in [0.25, 0.3) is 0 Å². The second kappa shape index (κ2) is 54.8. The molecule has 0 saturated carbocycles. The predicted molar refractivity (Wildman–Crippen MR) is 280 cm³/mol. The molecule has 0 aliphatic rings. The van der Waals surface area contributed by atoms with Gasteiger partial charge in [-0.1, -0.05) is 283 Å². The van der Waals surface area contributed by atoms with Crippen LogP contribution in [-0.2, 0) is 28.6 Å². The van der Waals surface area contributed by atoms with Gasteiger partial charge in [0, 0.05) is 19.3 Å². The topological polar surface area (TPSA) is 78.9 Å². The Labute approximate surface area is 405 Å². The van der Waals surface area contributed by atoms with E-state index >= 15 is 0 Å². The summed E-state index contributed by atoms with van der Waals surface area (Å²) in [5.41, 5.74) is 0. The van der Waals surface area contributed by atoms with E-state index in [9.17, 15) is 14.4 Å². The average Bonchev–Trinajstić information content (AvgIpc) is 3.30. The van der Waals surface area contributed by atoms with Crippen LogP contribution >= 0.6 is 0 Å². The van der Waals surface area contributed by atoms with Crippen molar-refractivity contribution in [1.29, 1.82) is 0 Å². The highest BCUT2D eigenvalue weighted by Gasteiger charge is 2.19. The molecule has 0 aliphatic carbocycles. The molecular formula is C59H112O6. The van der Waals surface area contributed by atoms with Crippen LogP contribution in [0.2, 0.25) is 0 Å². The molecule has 0 spiro atoms. The number of allylic oxidation sites excluding steroid dienone is 2. The van der Waals surface area contributed by atoms with Gasteiger partial charge in [-0.15, -0.1) is 0 Å². The Balaban J connectivity index is 4.19. The number of carbonyl (C=O) groups is 3. The maximum Gasteiger partial charge on any atom is 0.306 e. The fourth-order valence-corrected chi connectivity index (χ4v) is 8.86. The minimum absolute atomic E-state index is 0.0667. The van der Waals surface area contributed by atoms with Crippen LogP contribution in [0, 0.1) is 0 Å². The monoisotopic (exact) mass is 917 g/mol. The molecule has 0 heterocycles. The van der Waals surface area contributed by atoms with E-state index in [-0.39, 0.29) is 31.1 Å². The molecule has 0 rings (SSSR count). The maximum absolute atomic E-state index is 12.8. The predicted octanol–water partition coefficient (Wildman–Crippen LogP) is 19.3. The molecule has 65 heavy (non-hydrogen) atoms. The summed E-state index contributed by atoms with van der Waals surface area (Å²) in [6.07, 6.45) is 62.2. The number of hydrogen-bond acceptors (Lipinski definition) is 6. The second-order valence-corrected chi connectivity index (χ2v) is 19.9. The Hall–Kier alpha value is -1.85. The van der Waals surface area contributed by atoms with E-state index in [4.69, 9.17) is 14.2 Å². The van der Waals surface area contributed by atoms with Crippen molar-refractivity contribution in [2.75, 3.05) is 13.2 Å². The van der Waals surface area contributed by atoms with Crippen LogP contribution in [0.25, 0.3) is 0 Å². The summed E-state index contributed by atoms with van der Waals surface area (Å²) < 4.78 is 16.8. The van der Waals surface area contributed by atoms with Crippen LogP contribution in [0.5, 0.6) is 0 Å². The van der Waals surface area contributed by atoms with Crippen LogP contribution in [0.1, 0.15) is 329 Å². The minimum Gasteiger partial charge on any atom is -0.462 e. The molecule has 384 valence electrons. The van der Waals surface area contributed by atoms with E-state index in [0.29, 0.717) is 19.3 Å². The van der Waals surface area contributed by atoms with E-state index in [1.807, 2.05) is 0 Å². The zero-order valence-electron chi connectivity index (χ0n) is 44.0. The van der Waals surface area contributed by atoms with Crippen molar-refractivity contribution in [2.45, 2.75) is 335 Å². The quantitative estimate of drug-likeness (QED) is 0.0262. The van der Waals surface area contributed by atoms with Gasteiger partial charge in [-0.3, -0.25) is 14.4 Å². The third-order valence-corrected chi connectivity index (χ3v) is 13.3. The molecule has 6 nitrogen and oxygen atoms in total. The first-order valence-electron chi connectivity index (χ1n) is 29.2. The molecule has 0 saturated heterocycles. The fraction of sp³-hybridized carbons (Fsp3) is 0.915. The van der Waals surface area contributed by atoms with Crippen molar-refractivity contribution in [3.63, 3.8) is 0 Å². The summed E-state index contributed by atoms with van der Waals surface area (Å²) in [5.74, 6) is -0.855. The minimum atomic E-state index is -0.767. The molecule has 1 unspecified atom stereocenters. The maximum atomic E-state index is 12.8. The zero-order chi connectivity index (χ0) is 47.2. The van der Waals surface area contributed by atoms with Gasteiger partial charge in [0.2, 0.25) is 0 Å². The molecular weight excluding hydrogens is 805 g/mol. The summed E-state index contributed by atoms with van der Waals surface area (Å²) >= 11 is 0. The van der Waals surface area contributed by atoms with Crippen LogP contribution in [-0.4, -0.2) is 37.2 Å². The van der Waals surface area contributed by atoms with Gasteiger partial charge in [-0.25, -0.2) is 0 Å². The van der Waals surface area contributed by atoms with E-state index in [1.165, 1.54) is 218 Å². The third kappa shape index (κ3) is 53.0. The van der Waals surface area contributed by atoms with E-state index in [0.717, 1.165) is 70.6 Å². The molecule has 0 aliphatic heterocycles. The van der Waals surface area contributed by atoms with Crippen molar-refractivity contribution >= 4 is 17.9 Å². The van der Waals surface area contributed by atoms with Gasteiger partial charge in [0.1, 0.15) is 13.2 Å². The number of rotatable bonds is 54. The average molecular weight is 918 g/mol. The molecule has 0 N–H and O–H groups in total. The van der Waals surface area contributed by atoms with E-state index in [2.05, 4.69) is 32.9 Å². The fourth-order valence-electron chi connectivity index (χ4n) is 8.86. The highest BCUT2D eigenvalue weighted by atomic mass is 16.6. The number of carbonyl (C=O) groups excluding carboxylic acids is 3. The van der Waals surface area contributed by atoms with Gasteiger partial charge in [-0.2, -0.15) is 0 Å². The third-order valence-electron chi connectivity index (χ3n) is 13.3. The standard InChI is InChI=1S/C59H112O6/c1-4-7-10-13-16-19-22-24-26-27-28-29-30-31-32-34-35-37-40-43-46-49-52-58(61)64-55-56(54-63-57(60)51-48-45-42-39-21-18-15-12-9-6-3)65-59(62)53-50-47-44-41-38-36-33-25-23-20-17-14-11-8-5-2/h12,15,56H,4-11,13-14,16-55H2,1-3H3/b15-12-. The zero-order valence-corrected chi connectivity index (χ0v) is 44.0. The number of hydrogen-bond donors (Lipinski definition) is 0. The molecule has 6 heteroatoms. The molecule has 0 aromatic carbocycles. The smallest absolute Gasteiger partial charge is 0.306 e. The summed E-state index contributed by atoms with van der Waals surface area (Å²) in [4.78, 5) is 38.0. The van der Waals surface area contributed by atoms with Crippen LogP contribution in [0.15, 0.2) is 12.2 Å². The molecule has 0 aromatic rings. The largest absolute Gasteiger partial charge is 0.462 e. The Morgan fingerprint density at radius 3 is 0.831 bits per heavy atom. The van der Waals surface area contributed by atoms with Gasteiger partial charge < -0.3 is 14.2 Å². The lowest BCUT2D eigenvalue weighted by atomic mass is 10.0. The Morgan fingerprint density at radius 2 is 0.538 bits per heavy atom. The molecule has 0 amide bonds. The lowest BCUT2D eigenvalue weighted by Crippen LogP contribution is -2.30. The van der Waals surface area contributed by atoms with Crippen molar-refractivity contribution < 1.29 is 28.6 Å². The lowest BCUT2D eigenvalue weighted by molar-refractivity contribution is -0.167. The molecule has 0 bridgehead atoms. The van der Waals surface area contributed by atoms with Gasteiger partial charge in [0.15, 0.2) is 6.10 Å². The van der Waals surface area contributed by atoms with Gasteiger partial charge >= 0.3 is 17.9 Å². The Kier molecular flexibility index (Phi) is 53.2. The van der Waals surface area contributed by atoms with Crippen LogP contribution in [0.3, 0.4) is 0 Å². The van der Waals surface area contributed by atoms with Crippen molar-refractivity contribution in [3.8, 4) is 0 Å². The van der Waals surface area contributed by atoms with Gasteiger partial charge in [-0.05, 0) is 38.5 Å². The summed E-state index contributed by atoms with van der Waals surface area (Å²) in [6, 6.07) is 0. The first-order valence-corrected chi connectivity index (χ1v) is 29.2. The lowest BCUT2D eigenvalue weighted by Gasteiger charge is -2.18. The molecule has 1 atom stereocenters. The normalized spacial score (nSPS) is 12.0. The van der Waals surface area contributed by atoms with Gasteiger partial charge in [0.05, 0.1) is 0 Å². The number of unbranched alkanes of at least 4 members (excludes halogenated alkanes) is 41. The molecule has 0 radical (unpaired) electrons. The number of esters is 3.